The lowest BCUT2D eigenvalue weighted by molar-refractivity contribution is 0.174. The van der Waals surface area contributed by atoms with Crippen molar-refractivity contribution in [3.8, 4) is 11.5 Å². The van der Waals surface area contributed by atoms with Crippen molar-refractivity contribution in [2.24, 2.45) is 0 Å². The first-order chi connectivity index (χ1) is 14.2. The molecular formula is C22H21N3O4. The molecule has 0 bridgehead atoms. The van der Waals surface area contributed by atoms with Gasteiger partial charge in [-0.15, -0.1) is 0 Å². The number of carbonyl (C=O) groups excluding carboxylic acids is 1. The molecule has 29 heavy (non-hydrogen) atoms. The van der Waals surface area contributed by atoms with Crippen LogP contribution in [0.1, 0.15) is 16.7 Å². The predicted octanol–water partition coefficient (Wildman–Crippen LogP) is 2.62. The average Bonchev–Trinajstić information content (AvgIpc) is 3.21. The second kappa shape index (κ2) is 8.52. The number of carbonyl (C=O) groups is 1. The van der Waals surface area contributed by atoms with Crippen molar-refractivity contribution in [2.75, 3.05) is 6.79 Å². The van der Waals surface area contributed by atoms with Gasteiger partial charge in [0.25, 0.3) is 5.56 Å². The molecule has 2 aromatic carbocycles. The zero-order chi connectivity index (χ0) is 20.1. The van der Waals surface area contributed by atoms with Crippen LogP contribution in [0.3, 0.4) is 0 Å². The second-order valence-corrected chi connectivity index (χ2v) is 6.71. The van der Waals surface area contributed by atoms with Gasteiger partial charge in [-0.1, -0.05) is 36.4 Å². The largest absolute Gasteiger partial charge is 0.454 e. The lowest BCUT2D eigenvalue weighted by atomic mass is 10.1. The van der Waals surface area contributed by atoms with Crippen LogP contribution in [-0.4, -0.2) is 17.4 Å². The van der Waals surface area contributed by atoms with E-state index in [1.54, 1.807) is 22.9 Å². The van der Waals surface area contributed by atoms with E-state index in [0.29, 0.717) is 25.4 Å². The SMILES string of the molecule is O=C(NCc1ccc(Cn2ccccc2=O)cc1)NCc1ccc2c(c1)OCO2. The third-order valence-electron chi connectivity index (χ3n) is 4.62. The molecule has 1 aromatic heterocycles. The Hall–Kier alpha value is -3.74. The quantitative estimate of drug-likeness (QED) is 0.677. The molecule has 3 aromatic rings. The molecule has 0 saturated heterocycles. The molecule has 4 rings (SSSR count). The van der Waals surface area contributed by atoms with Crippen LogP contribution < -0.4 is 25.7 Å². The molecule has 1 aliphatic rings. The fourth-order valence-electron chi connectivity index (χ4n) is 3.03. The minimum absolute atomic E-state index is 0.0302. The summed E-state index contributed by atoms with van der Waals surface area (Å²) in [7, 11) is 0. The summed E-state index contributed by atoms with van der Waals surface area (Å²) in [6.45, 7) is 1.56. The average molecular weight is 391 g/mol. The summed E-state index contributed by atoms with van der Waals surface area (Å²) < 4.78 is 12.3. The van der Waals surface area contributed by atoms with E-state index in [4.69, 9.17) is 9.47 Å². The molecule has 0 spiro atoms. The monoisotopic (exact) mass is 391 g/mol. The molecule has 1 aliphatic heterocycles. The Kier molecular flexibility index (Phi) is 5.47. The normalized spacial score (nSPS) is 11.9. The Bertz CT molecular complexity index is 1060. The van der Waals surface area contributed by atoms with Crippen molar-refractivity contribution in [3.63, 3.8) is 0 Å². The number of benzene rings is 2. The van der Waals surface area contributed by atoms with Gasteiger partial charge in [-0.05, 0) is 34.9 Å². The Morgan fingerprint density at radius 3 is 2.34 bits per heavy atom. The number of urea groups is 1. The molecule has 0 saturated carbocycles. The molecule has 0 aliphatic carbocycles. The standard InChI is InChI=1S/C22H21N3O4/c26-21-3-1-2-10-25(21)14-17-6-4-16(5-7-17)12-23-22(27)24-13-18-8-9-19-20(11-18)29-15-28-19/h1-11H,12-15H2,(H2,23,24,27). The Morgan fingerprint density at radius 1 is 0.862 bits per heavy atom. The minimum Gasteiger partial charge on any atom is -0.454 e. The van der Waals surface area contributed by atoms with Gasteiger partial charge in [0.1, 0.15) is 0 Å². The van der Waals surface area contributed by atoms with Crippen molar-refractivity contribution in [1.82, 2.24) is 15.2 Å². The van der Waals surface area contributed by atoms with Crippen molar-refractivity contribution < 1.29 is 14.3 Å². The number of pyridine rings is 1. The number of fused-ring (bicyclic) bond motifs is 1. The van der Waals surface area contributed by atoms with Gasteiger partial charge < -0.3 is 24.7 Å². The van der Waals surface area contributed by atoms with E-state index < -0.39 is 0 Å². The number of hydrogen-bond acceptors (Lipinski definition) is 4. The van der Waals surface area contributed by atoms with E-state index in [0.717, 1.165) is 22.4 Å². The van der Waals surface area contributed by atoms with Crippen molar-refractivity contribution in [2.45, 2.75) is 19.6 Å². The maximum atomic E-state index is 12.1. The number of nitrogens with one attached hydrogen (secondary N) is 2. The second-order valence-electron chi connectivity index (χ2n) is 6.71. The fourth-order valence-corrected chi connectivity index (χ4v) is 3.03. The Balaban J connectivity index is 1.25. The van der Waals surface area contributed by atoms with Crippen LogP contribution in [0.4, 0.5) is 4.79 Å². The van der Waals surface area contributed by atoms with Crippen LogP contribution in [0, 0.1) is 0 Å². The van der Waals surface area contributed by atoms with Crippen molar-refractivity contribution in [1.29, 1.82) is 0 Å². The summed E-state index contributed by atoms with van der Waals surface area (Å²) in [6.07, 6.45) is 1.77. The van der Waals surface area contributed by atoms with E-state index in [9.17, 15) is 9.59 Å². The van der Waals surface area contributed by atoms with Gasteiger partial charge in [0.2, 0.25) is 6.79 Å². The lowest BCUT2D eigenvalue weighted by Crippen LogP contribution is -2.34. The molecule has 0 unspecified atom stereocenters. The highest BCUT2D eigenvalue weighted by atomic mass is 16.7. The van der Waals surface area contributed by atoms with E-state index in [1.807, 2.05) is 48.5 Å². The molecule has 2 heterocycles. The summed E-state index contributed by atoms with van der Waals surface area (Å²) in [5.41, 5.74) is 2.91. The van der Waals surface area contributed by atoms with Crippen LogP contribution in [-0.2, 0) is 19.6 Å². The summed E-state index contributed by atoms with van der Waals surface area (Å²) in [5, 5.41) is 5.66. The zero-order valence-electron chi connectivity index (χ0n) is 15.8. The Morgan fingerprint density at radius 2 is 1.55 bits per heavy atom. The Labute approximate surface area is 167 Å². The van der Waals surface area contributed by atoms with Crippen LogP contribution in [0.15, 0.2) is 71.7 Å². The zero-order valence-corrected chi connectivity index (χ0v) is 15.8. The van der Waals surface area contributed by atoms with Crippen molar-refractivity contribution >= 4 is 6.03 Å². The molecule has 7 heteroatoms. The molecule has 0 fully saturated rings. The van der Waals surface area contributed by atoms with Crippen LogP contribution in [0.5, 0.6) is 11.5 Å². The topological polar surface area (TPSA) is 81.6 Å². The summed E-state index contributed by atoms with van der Waals surface area (Å²) in [5.74, 6) is 1.42. The fraction of sp³-hybridized carbons (Fsp3) is 0.182. The van der Waals surface area contributed by atoms with E-state index in [-0.39, 0.29) is 18.4 Å². The van der Waals surface area contributed by atoms with Gasteiger partial charge in [-0.3, -0.25) is 4.79 Å². The van der Waals surface area contributed by atoms with Crippen LogP contribution >= 0.6 is 0 Å². The van der Waals surface area contributed by atoms with E-state index in [2.05, 4.69) is 10.6 Å². The predicted molar refractivity (Wildman–Crippen MR) is 108 cm³/mol. The van der Waals surface area contributed by atoms with Gasteiger partial charge in [0.05, 0.1) is 6.54 Å². The molecule has 0 radical (unpaired) electrons. The number of amides is 2. The van der Waals surface area contributed by atoms with Gasteiger partial charge >= 0.3 is 6.03 Å². The smallest absolute Gasteiger partial charge is 0.315 e. The molecule has 0 atom stereocenters. The first-order valence-electron chi connectivity index (χ1n) is 9.31. The van der Waals surface area contributed by atoms with E-state index in [1.165, 1.54) is 0 Å². The lowest BCUT2D eigenvalue weighted by Gasteiger charge is -2.09. The van der Waals surface area contributed by atoms with Crippen LogP contribution in [0.2, 0.25) is 0 Å². The number of aromatic nitrogens is 1. The first kappa shape index (κ1) is 18.6. The van der Waals surface area contributed by atoms with Gasteiger partial charge in [-0.25, -0.2) is 4.79 Å². The van der Waals surface area contributed by atoms with Crippen molar-refractivity contribution in [3.05, 3.63) is 93.9 Å². The molecule has 2 N–H and O–H groups in total. The highest BCUT2D eigenvalue weighted by Crippen LogP contribution is 2.32. The maximum Gasteiger partial charge on any atom is 0.315 e. The van der Waals surface area contributed by atoms with Gasteiger partial charge in [0, 0.05) is 25.4 Å². The third kappa shape index (κ3) is 4.76. The first-order valence-corrected chi connectivity index (χ1v) is 9.31. The molecule has 2 amide bonds. The maximum absolute atomic E-state index is 12.1. The highest BCUT2D eigenvalue weighted by molar-refractivity contribution is 5.73. The number of hydrogen-bond donors (Lipinski definition) is 2. The minimum atomic E-state index is -0.248. The summed E-state index contributed by atoms with van der Waals surface area (Å²) in [6, 6.07) is 18.3. The summed E-state index contributed by atoms with van der Waals surface area (Å²) in [4.78, 5) is 23.8. The number of nitrogens with zero attached hydrogens (tertiary/aromatic N) is 1. The van der Waals surface area contributed by atoms with Gasteiger partial charge in [0.15, 0.2) is 11.5 Å². The third-order valence-corrected chi connectivity index (χ3v) is 4.62. The van der Waals surface area contributed by atoms with Gasteiger partial charge in [-0.2, -0.15) is 0 Å². The number of rotatable bonds is 6. The molecule has 148 valence electrons. The summed E-state index contributed by atoms with van der Waals surface area (Å²) >= 11 is 0. The van der Waals surface area contributed by atoms with Crippen LogP contribution in [0.25, 0.3) is 0 Å². The van der Waals surface area contributed by atoms with E-state index >= 15 is 0 Å². The molecular weight excluding hydrogens is 370 g/mol. The molecule has 7 nitrogen and oxygen atoms in total. The number of ether oxygens (including phenoxy) is 2. The highest BCUT2D eigenvalue weighted by Gasteiger charge is 2.13.